The Labute approximate surface area is 162 Å². The molecular weight excluding hydrogens is 360 g/mol. The summed E-state index contributed by atoms with van der Waals surface area (Å²) in [6, 6.07) is 14.9. The molecule has 0 radical (unpaired) electrons. The maximum atomic E-state index is 5.20. The van der Waals surface area contributed by atoms with Crippen LogP contribution in [0.25, 0.3) is 0 Å². The molecule has 1 fully saturated rings. The molecule has 0 saturated carbocycles. The third kappa shape index (κ3) is 3.53. The Morgan fingerprint density at radius 2 is 1.64 bits per heavy atom. The topological polar surface area (TPSA) is 101 Å². The molecule has 2 aromatic rings. The fraction of sp³-hybridized carbons (Fsp3) is 0.211. The summed E-state index contributed by atoms with van der Waals surface area (Å²) in [5.74, 6) is 2.98. The summed E-state index contributed by atoms with van der Waals surface area (Å²) >= 11 is 0. The minimum absolute atomic E-state index is 0.424. The SMILES string of the molecule is COc1ccc(N=C2N=C3NONC3(C)N=C2Nc2ccc(OC)cc2)cc1. The second-order valence-corrected chi connectivity index (χ2v) is 6.29. The highest BCUT2D eigenvalue weighted by molar-refractivity contribution is 6.48. The first-order valence-corrected chi connectivity index (χ1v) is 8.62. The first-order valence-electron chi connectivity index (χ1n) is 8.62. The standard InChI is InChI=1S/C19H20N6O3/c1-19-18(24-28-25-19)22-16(20-12-4-8-14(26-2)9-5-12)17(23-19)21-13-6-10-15(27-3)11-7-13/h4-11,25H,1-3H3,(H,21,23)(H,20,22,24). The van der Waals surface area contributed by atoms with Crippen molar-refractivity contribution in [3.63, 3.8) is 0 Å². The van der Waals surface area contributed by atoms with Gasteiger partial charge in [0.05, 0.1) is 19.9 Å². The zero-order chi connectivity index (χ0) is 19.6. The van der Waals surface area contributed by atoms with E-state index in [-0.39, 0.29) is 0 Å². The van der Waals surface area contributed by atoms with Crippen LogP contribution in [-0.4, -0.2) is 37.4 Å². The number of nitrogens with zero attached hydrogens (tertiary/aromatic N) is 3. The average molecular weight is 380 g/mol. The molecule has 0 aliphatic carbocycles. The van der Waals surface area contributed by atoms with Gasteiger partial charge in [0.15, 0.2) is 23.2 Å². The summed E-state index contributed by atoms with van der Waals surface area (Å²) in [4.78, 5) is 19.0. The molecule has 1 unspecified atom stereocenters. The van der Waals surface area contributed by atoms with Crippen LogP contribution in [0.1, 0.15) is 6.92 Å². The number of methoxy groups -OCH3 is 2. The van der Waals surface area contributed by atoms with Crippen molar-refractivity contribution in [1.29, 1.82) is 0 Å². The van der Waals surface area contributed by atoms with E-state index < -0.39 is 5.66 Å². The van der Waals surface area contributed by atoms with E-state index in [0.717, 1.165) is 22.9 Å². The molecule has 2 aliphatic rings. The predicted molar refractivity (Wildman–Crippen MR) is 107 cm³/mol. The van der Waals surface area contributed by atoms with Crippen LogP contribution in [0.4, 0.5) is 11.4 Å². The molecule has 3 N–H and O–H groups in total. The number of hydrogen-bond donors (Lipinski definition) is 3. The molecule has 2 heterocycles. The first-order chi connectivity index (χ1) is 13.6. The van der Waals surface area contributed by atoms with Crippen molar-refractivity contribution < 1.29 is 14.4 Å². The lowest BCUT2D eigenvalue weighted by molar-refractivity contribution is 0.00769. The van der Waals surface area contributed by atoms with Crippen LogP contribution >= 0.6 is 0 Å². The molecule has 2 aliphatic heterocycles. The maximum absolute atomic E-state index is 5.20. The molecule has 0 amide bonds. The lowest BCUT2D eigenvalue weighted by Crippen LogP contribution is -2.47. The fourth-order valence-electron chi connectivity index (χ4n) is 2.71. The Bertz CT molecular complexity index is 953. The summed E-state index contributed by atoms with van der Waals surface area (Å²) in [6.07, 6.45) is 0. The van der Waals surface area contributed by atoms with Crippen molar-refractivity contribution in [2.75, 3.05) is 19.5 Å². The van der Waals surface area contributed by atoms with E-state index in [1.54, 1.807) is 14.2 Å². The molecule has 2 aromatic carbocycles. The second kappa shape index (κ2) is 7.29. The highest BCUT2D eigenvalue weighted by Crippen LogP contribution is 2.23. The molecule has 144 valence electrons. The molecule has 1 saturated heterocycles. The maximum Gasteiger partial charge on any atom is 0.197 e. The minimum atomic E-state index is -0.826. The van der Waals surface area contributed by atoms with Crippen LogP contribution in [0, 0.1) is 0 Å². The molecule has 9 nitrogen and oxygen atoms in total. The number of benzene rings is 2. The summed E-state index contributed by atoms with van der Waals surface area (Å²) in [6.45, 7) is 1.85. The number of hydrogen-bond acceptors (Lipinski definition) is 8. The van der Waals surface area contributed by atoms with E-state index in [1.165, 1.54) is 0 Å². The number of nitrogens with one attached hydrogen (secondary N) is 3. The van der Waals surface area contributed by atoms with E-state index in [2.05, 4.69) is 26.3 Å². The van der Waals surface area contributed by atoms with Crippen LogP contribution in [-0.2, 0) is 4.94 Å². The van der Waals surface area contributed by atoms with Crippen LogP contribution in [0.3, 0.4) is 0 Å². The monoisotopic (exact) mass is 380 g/mol. The third-order valence-electron chi connectivity index (χ3n) is 4.28. The predicted octanol–water partition coefficient (Wildman–Crippen LogP) is 2.41. The molecule has 4 rings (SSSR count). The lowest BCUT2D eigenvalue weighted by atomic mass is 10.1. The Hall–Kier alpha value is -3.43. The third-order valence-corrected chi connectivity index (χ3v) is 4.28. The van der Waals surface area contributed by atoms with Gasteiger partial charge < -0.3 is 14.8 Å². The Balaban J connectivity index is 1.68. The zero-order valence-corrected chi connectivity index (χ0v) is 15.7. The minimum Gasteiger partial charge on any atom is -0.497 e. The van der Waals surface area contributed by atoms with Gasteiger partial charge in [0.25, 0.3) is 0 Å². The molecule has 28 heavy (non-hydrogen) atoms. The van der Waals surface area contributed by atoms with Crippen molar-refractivity contribution in [3.05, 3.63) is 48.5 Å². The van der Waals surface area contributed by atoms with Gasteiger partial charge >= 0.3 is 0 Å². The smallest absolute Gasteiger partial charge is 0.197 e. The number of fused-ring (bicyclic) bond motifs is 1. The molecule has 1 atom stereocenters. The quantitative estimate of drug-likeness (QED) is 0.753. The average Bonchev–Trinajstić information content (AvgIpc) is 3.09. The van der Waals surface area contributed by atoms with Gasteiger partial charge in [-0.25, -0.2) is 20.5 Å². The van der Waals surface area contributed by atoms with Gasteiger partial charge in [0.1, 0.15) is 11.5 Å². The molecule has 0 bridgehead atoms. The highest BCUT2D eigenvalue weighted by Gasteiger charge is 2.41. The lowest BCUT2D eigenvalue weighted by Gasteiger charge is -2.23. The van der Waals surface area contributed by atoms with Gasteiger partial charge in [-0.05, 0) is 55.5 Å². The van der Waals surface area contributed by atoms with Crippen molar-refractivity contribution in [2.24, 2.45) is 15.0 Å². The second-order valence-electron chi connectivity index (χ2n) is 6.29. The first kappa shape index (κ1) is 18.0. The highest BCUT2D eigenvalue weighted by atomic mass is 16.8. The number of rotatable bonds is 4. The summed E-state index contributed by atoms with van der Waals surface area (Å²) in [7, 11) is 3.25. The fourth-order valence-corrected chi connectivity index (χ4v) is 2.71. The number of hydroxylamine groups is 2. The van der Waals surface area contributed by atoms with Crippen LogP contribution < -0.4 is 25.8 Å². The number of aliphatic imine (C=N–C) groups is 3. The number of anilines is 1. The largest absolute Gasteiger partial charge is 0.497 e. The Morgan fingerprint density at radius 1 is 1.00 bits per heavy atom. The van der Waals surface area contributed by atoms with Crippen LogP contribution in [0.2, 0.25) is 0 Å². The van der Waals surface area contributed by atoms with Gasteiger partial charge in [-0.3, -0.25) is 0 Å². The zero-order valence-electron chi connectivity index (χ0n) is 15.7. The summed E-state index contributed by atoms with van der Waals surface area (Å²) in [5.41, 5.74) is 6.25. The van der Waals surface area contributed by atoms with Crippen molar-refractivity contribution in [3.8, 4) is 11.5 Å². The van der Waals surface area contributed by atoms with Gasteiger partial charge in [0, 0.05) is 5.69 Å². The molecule has 0 aromatic heterocycles. The van der Waals surface area contributed by atoms with E-state index in [4.69, 9.17) is 19.4 Å². The Kier molecular flexibility index (Phi) is 4.68. The summed E-state index contributed by atoms with van der Waals surface area (Å²) < 4.78 is 10.4. The van der Waals surface area contributed by atoms with Gasteiger partial charge in [-0.2, -0.15) is 4.94 Å². The van der Waals surface area contributed by atoms with E-state index in [0.29, 0.717) is 17.5 Å². The van der Waals surface area contributed by atoms with E-state index in [1.807, 2.05) is 55.5 Å². The molecular formula is C19H20N6O3. The van der Waals surface area contributed by atoms with Gasteiger partial charge in [-0.1, -0.05) is 0 Å². The normalized spacial score (nSPS) is 22.0. The molecule has 9 heteroatoms. The van der Waals surface area contributed by atoms with Crippen LogP contribution in [0.15, 0.2) is 63.5 Å². The van der Waals surface area contributed by atoms with Crippen molar-refractivity contribution in [2.45, 2.75) is 12.6 Å². The van der Waals surface area contributed by atoms with Gasteiger partial charge in [-0.15, -0.1) is 5.48 Å². The number of amidine groups is 3. The number of ether oxygens (including phenoxy) is 2. The van der Waals surface area contributed by atoms with Gasteiger partial charge in [0.2, 0.25) is 0 Å². The summed E-state index contributed by atoms with van der Waals surface area (Å²) in [5, 5.41) is 3.27. The van der Waals surface area contributed by atoms with Crippen molar-refractivity contribution >= 4 is 28.9 Å². The van der Waals surface area contributed by atoms with Crippen LogP contribution in [0.5, 0.6) is 11.5 Å². The van der Waals surface area contributed by atoms with E-state index >= 15 is 0 Å². The Morgan fingerprint density at radius 3 is 2.29 bits per heavy atom. The molecule has 0 spiro atoms. The van der Waals surface area contributed by atoms with Crippen molar-refractivity contribution in [1.82, 2.24) is 11.0 Å². The van der Waals surface area contributed by atoms with E-state index in [9.17, 15) is 0 Å².